The summed E-state index contributed by atoms with van der Waals surface area (Å²) >= 11 is 0. The van der Waals surface area contributed by atoms with Crippen molar-refractivity contribution >= 4 is 35.5 Å². The quantitative estimate of drug-likeness (QED) is 0.0763. The number of hydrogen-bond acceptors (Lipinski definition) is 9. The van der Waals surface area contributed by atoms with Gasteiger partial charge in [0.15, 0.2) is 0 Å². The average Bonchev–Trinajstić information content (AvgIpc) is 3.94. The Kier molecular flexibility index (Phi) is 16.1. The van der Waals surface area contributed by atoms with Gasteiger partial charge in [-0.25, -0.2) is 9.97 Å². The van der Waals surface area contributed by atoms with E-state index in [-0.39, 0.29) is 56.4 Å². The highest BCUT2D eigenvalue weighted by Gasteiger charge is 2.40. The predicted octanol–water partition coefficient (Wildman–Crippen LogP) is 1.02. The molecule has 3 heterocycles. The molecular formula is C39H55N9O8. The minimum atomic E-state index is -1.38. The summed E-state index contributed by atoms with van der Waals surface area (Å²) in [5.74, 6) is -3.81. The van der Waals surface area contributed by atoms with Crippen LogP contribution >= 0.6 is 0 Å². The van der Waals surface area contributed by atoms with E-state index < -0.39 is 72.3 Å². The van der Waals surface area contributed by atoms with Gasteiger partial charge in [-0.05, 0) is 36.7 Å². The number of aromatic amines is 2. The first-order valence-corrected chi connectivity index (χ1v) is 19.1. The lowest BCUT2D eigenvalue weighted by molar-refractivity contribution is -0.142. The number of benzene rings is 1. The molecule has 1 aromatic carbocycles. The van der Waals surface area contributed by atoms with E-state index in [2.05, 4.69) is 41.2 Å². The zero-order chi connectivity index (χ0) is 40.8. The van der Waals surface area contributed by atoms with Gasteiger partial charge >= 0.3 is 5.97 Å². The molecule has 56 heavy (non-hydrogen) atoms. The van der Waals surface area contributed by atoms with Crippen LogP contribution in [0.15, 0.2) is 55.4 Å². The Labute approximate surface area is 326 Å². The van der Waals surface area contributed by atoms with Gasteiger partial charge in [0.05, 0.1) is 31.2 Å². The van der Waals surface area contributed by atoms with Crippen LogP contribution in [0.1, 0.15) is 76.8 Å². The van der Waals surface area contributed by atoms with Crippen molar-refractivity contribution in [2.24, 2.45) is 11.8 Å². The van der Waals surface area contributed by atoms with E-state index >= 15 is 0 Å². The standard InChI is InChI=1S/C39H55N9O8/c1-23(2)13-28(33(49)18-35(51)52)45-37(54)30(16-26-19-40-21-42-26)46-36(53)29(15-25-9-6-5-7-10-25)47-38(55)32-11-8-12-48(32)39(56)31(17-27-20-41-22-43-27)44-34(50)14-24(3)4/h5-7,9-10,19-24,28-33,49H,8,11-18H2,1-4H3,(H,40,42)(H,41,43)(H,44,50)(H,45,54)(H,46,53)(H,47,55)(H,51,52)/t28-,29-,30-,31-,32-,33-/m0/s1. The number of amides is 5. The summed E-state index contributed by atoms with van der Waals surface area (Å²) in [6, 6.07) is 3.78. The minimum Gasteiger partial charge on any atom is -0.481 e. The Bertz CT molecular complexity index is 1730. The van der Waals surface area contributed by atoms with Crippen LogP contribution in [0.2, 0.25) is 0 Å². The van der Waals surface area contributed by atoms with Crippen molar-refractivity contribution in [3.8, 4) is 0 Å². The van der Waals surface area contributed by atoms with Crippen molar-refractivity contribution in [1.29, 1.82) is 0 Å². The van der Waals surface area contributed by atoms with Crippen LogP contribution in [0.3, 0.4) is 0 Å². The van der Waals surface area contributed by atoms with Crippen LogP contribution in [0.25, 0.3) is 0 Å². The molecule has 0 spiro atoms. The number of imidazole rings is 2. The third-order valence-corrected chi connectivity index (χ3v) is 9.47. The van der Waals surface area contributed by atoms with E-state index in [1.54, 1.807) is 30.5 Å². The van der Waals surface area contributed by atoms with E-state index in [0.29, 0.717) is 24.2 Å². The number of nitrogens with one attached hydrogen (secondary N) is 6. The Balaban J connectivity index is 1.56. The molecule has 304 valence electrons. The van der Waals surface area contributed by atoms with Crippen molar-refractivity contribution in [2.45, 2.75) is 115 Å². The average molecular weight is 778 g/mol. The minimum absolute atomic E-state index is 0.00559. The first kappa shape index (κ1) is 43.2. The lowest BCUT2D eigenvalue weighted by Crippen LogP contribution is -2.59. The maximum absolute atomic E-state index is 14.2. The van der Waals surface area contributed by atoms with Crippen molar-refractivity contribution < 1.29 is 39.0 Å². The second kappa shape index (κ2) is 20.9. The van der Waals surface area contributed by atoms with E-state index in [1.165, 1.54) is 23.8 Å². The molecule has 0 unspecified atom stereocenters. The summed E-state index contributed by atoms with van der Waals surface area (Å²) in [6.45, 7) is 7.81. The number of aliphatic hydroxyl groups is 1. The zero-order valence-corrected chi connectivity index (χ0v) is 32.4. The number of carboxylic acid groups (broad SMARTS) is 1. The number of carbonyl (C=O) groups excluding carboxylic acids is 5. The molecule has 3 aromatic rings. The highest BCUT2D eigenvalue weighted by Crippen LogP contribution is 2.21. The van der Waals surface area contributed by atoms with Gasteiger partial charge in [0, 0.05) is 56.0 Å². The highest BCUT2D eigenvalue weighted by molar-refractivity contribution is 5.96. The van der Waals surface area contributed by atoms with Crippen LogP contribution in [0.4, 0.5) is 0 Å². The molecule has 1 saturated heterocycles. The number of carbonyl (C=O) groups is 6. The molecule has 17 heteroatoms. The first-order chi connectivity index (χ1) is 26.7. The van der Waals surface area contributed by atoms with E-state index in [9.17, 15) is 39.0 Å². The lowest BCUT2D eigenvalue weighted by Gasteiger charge is -2.30. The number of aliphatic carboxylic acids is 1. The maximum atomic E-state index is 14.2. The molecule has 1 aliphatic heterocycles. The molecule has 0 aliphatic carbocycles. The Morgan fingerprint density at radius 3 is 1.96 bits per heavy atom. The Hall–Kier alpha value is -5.58. The van der Waals surface area contributed by atoms with Gasteiger partial charge in [0.2, 0.25) is 29.5 Å². The number of rotatable bonds is 21. The fourth-order valence-corrected chi connectivity index (χ4v) is 6.79. The number of aliphatic hydroxyl groups excluding tert-OH is 1. The summed E-state index contributed by atoms with van der Waals surface area (Å²) in [6.07, 6.45) is 5.50. The van der Waals surface area contributed by atoms with Gasteiger partial charge in [0.25, 0.3) is 0 Å². The number of aromatic nitrogens is 4. The summed E-state index contributed by atoms with van der Waals surface area (Å²) < 4.78 is 0. The summed E-state index contributed by atoms with van der Waals surface area (Å²) in [4.78, 5) is 95.8. The molecule has 5 amide bonds. The van der Waals surface area contributed by atoms with E-state index in [0.717, 1.165) is 5.56 Å². The molecule has 0 saturated carbocycles. The molecule has 0 bridgehead atoms. The van der Waals surface area contributed by atoms with Gasteiger partial charge in [0.1, 0.15) is 24.2 Å². The third kappa shape index (κ3) is 13.3. The Morgan fingerprint density at radius 1 is 0.786 bits per heavy atom. The first-order valence-electron chi connectivity index (χ1n) is 19.1. The fourth-order valence-electron chi connectivity index (χ4n) is 6.79. The van der Waals surface area contributed by atoms with E-state index in [4.69, 9.17) is 0 Å². The number of hydrogen-bond donors (Lipinski definition) is 8. The van der Waals surface area contributed by atoms with Crippen LogP contribution in [-0.4, -0.2) is 113 Å². The number of likely N-dealkylation sites (tertiary alicyclic amines) is 1. The SMILES string of the molecule is CC(C)CC(=O)N[C@@H](Cc1cnc[nH]1)C(=O)N1CCC[C@H]1C(=O)N[C@@H](Cc1ccccc1)C(=O)N[C@@H](Cc1cnc[nH]1)C(=O)N[C@@H](CC(C)C)[C@@H](O)CC(=O)O. The van der Waals surface area contributed by atoms with Gasteiger partial charge in [-0.1, -0.05) is 58.0 Å². The smallest absolute Gasteiger partial charge is 0.306 e. The van der Waals surface area contributed by atoms with Crippen molar-refractivity contribution in [3.05, 3.63) is 72.3 Å². The van der Waals surface area contributed by atoms with Gasteiger partial charge in [-0.15, -0.1) is 0 Å². The molecule has 8 N–H and O–H groups in total. The molecule has 0 radical (unpaired) electrons. The van der Waals surface area contributed by atoms with Gasteiger partial charge < -0.3 is 46.3 Å². The van der Waals surface area contributed by atoms with Crippen molar-refractivity contribution in [2.75, 3.05) is 6.54 Å². The van der Waals surface area contributed by atoms with Crippen molar-refractivity contribution in [1.82, 2.24) is 46.1 Å². The van der Waals surface area contributed by atoms with E-state index in [1.807, 2.05) is 33.8 Å². The lowest BCUT2D eigenvalue weighted by atomic mass is 9.96. The molecule has 4 rings (SSSR count). The number of H-pyrrole nitrogens is 2. The Morgan fingerprint density at radius 2 is 1.39 bits per heavy atom. The molecule has 17 nitrogen and oxygen atoms in total. The summed E-state index contributed by atoms with van der Waals surface area (Å²) in [7, 11) is 0. The van der Waals surface area contributed by atoms with Crippen molar-refractivity contribution in [3.63, 3.8) is 0 Å². The second-order valence-corrected chi connectivity index (χ2v) is 15.2. The van der Waals surface area contributed by atoms with Gasteiger partial charge in [-0.3, -0.25) is 28.8 Å². The highest BCUT2D eigenvalue weighted by atomic mass is 16.4. The van der Waals surface area contributed by atoms with Crippen LogP contribution in [0.5, 0.6) is 0 Å². The number of carboxylic acids is 1. The predicted molar refractivity (Wildman–Crippen MR) is 204 cm³/mol. The third-order valence-electron chi connectivity index (χ3n) is 9.47. The van der Waals surface area contributed by atoms with Gasteiger partial charge in [-0.2, -0.15) is 0 Å². The molecule has 1 aliphatic rings. The molecular weight excluding hydrogens is 722 g/mol. The summed E-state index contributed by atoms with van der Waals surface area (Å²) in [5, 5.41) is 31.2. The van der Waals surface area contributed by atoms with Crippen LogP contribution in [0, 0.1) is 11.8 Å². The van der Waals surface area contributed by atoms with Crippen LogP contribution < -0.4 is 21.3 Å². The summed E-state index contributed by atoms with van der Waals surface area (Å²) in [5.41, 5.74) is 1.88. The maximum Gasteiger partial charge on any atom is 0.306 e. The number of nitrogens with zero attached hydrogens (tertiary/aromatic N) is 3. The topological polar surface area (TPSA) is 252 Å². The van der Waals surface area contributed by atoms with Crippen LogP contribution in [-0.2, 0) is 48.0 Å². The fraction of sp³-hybridized carbons (Fsp3) is 0.538. The molecule has 1 fully saturated rings. The monoisotopic (exact) mass is 777 g/mol. The zero-order valence-electron chi connectivity index (χ0n) is 32.4. The molecule has 6 atom stereocenters. The normalized spacial score (nSPS) is 16.8. The second-order valence-electron chi connectivity index (χ2n) is 15.2. The largest absolute Gasteiger partial charge is 0.481 e. The molecule has 2 aromatic heterocycles.